The zero-order valence-corrected chi connectivity index (χ0v) is 22.4. The quantitative estimate of drug-likeness (QED) is 0.351. The van der Waals surface area contributed by atoms with E-state index in [0.717, 1.165) is 19.4 Å². The standard InChI is InChI=1S/C29H28F2N6O4/c1-35-10-3-4-18(35)16-41-28-33-23-14-20(24-21(30)5-2-6-22(24)31)19-8-13-40-26(19)25(23)27(34-28)36-11-12-37(29(38)39)17(15-36)7-9-32/h2,5-6,8,13-14,17-18H,3-4,7,10-12,15-16H2,1H3,(H,38,39). The summed E-state index contributed by atoms with van der Waals surface area (Å²) in [4.78, 5) is 26.6. The van der Waals surface area contributed by atoms with Gasteiger partial charge in [-0.05, 0) is 50.7 Å². The molecule has 0 aliphatic carbocycles. The first-order chi connectivity index (χ1) is 19.9. The fraction of sp³-hybridized carbons (Fsp3) is 0.379. The van der Waals surface area contributed by atoms with Crippen LogP contribution in [-0.2, 0) is 0 Å². The molecule has 4 aromatic rings. The molecule has 0 bridgehead atoms. The first-order valence-electron chi connectivity index (χ1n) is 13.5. The number of carboxylic acid groups (broad SMARTS) is 1. The molecular weight excluding hydrogens is 534 g/mol. The first kappa shape index (κ1) is 26.7. The number of nitriles is 1. The zero-order valence-electron chi connectivity index (χ0n) is 22.4. The Labute approximate surface area is 234 Å². The summed E-state index contributed by atoms with van der Waals surface area (Å²) in [6.45, 7) is 2.01. The summed E-state index contributed by atoms with van der Waals surface area (Å²) in [6.07, 6.45) is 2.41. The van der Waals surface area contributed by atoms with Crippen LogP contribution in [0.5, 0.6) is 6.01 Å². The van der Waals surface area contributed by atoms with Crippen LogP contribution in [0.2, 0.25) is 0 Å². The van der Waals surface area contributed by atoms with Crippen LogP contribution in [0.3, 0.4) is 0 Å². The number of likely N-dealkylation sites (N-methyl/N-ethyl adjacent to an activating group) is 1. The number of halogens is 2. The Morgan fingerprint density at radius 2 is 2.00 bits per heavy atom. The molecule has 2 aromatic heterocycles. The van der Waals surface area contributed by atoms with E-state index in [0.29, 0.717) is 40.8 Å². The van der Waals surface area contributed by atoms with Gasteiger partial charge in [-0.2, -0.15) is 15.2 Å². The number of furan rings is 1. The maximum atomic E-state index is 14.9. The minimum absolute atomic E-state index is 0.00998. The number of aromatic nitrogens is 2. The second-order valence-corrected chi connectivity index (χ2v) is 10.4. The molecule has 2 fully saturated rings. The van der Waals surface area contributed by atoms with Crippen molar-refractivity contribution in [1.29, 1.82) is 5.26 Å². The molecule has 41 heavy (non-hydrogen) atoms. The minimum atomic E-state index is -1.09. The molecule has 4 heterocycles. The number of benzene rings is 2. The second-order valence-electron chi connectivity index (χ2n) is 10.4. The lowest BCUT2D eigenvalue weighted by atomic mass is 9.98. The van der Waals surface area contributed by atoms with Crippen LogP contribution in [0.4, 0.5) is 19.4 Å². The highest BCUT2D eigenvalue weighted by atomic mass is 19.1. The molecule has 2 atom stereocenters. The largest absolute Gasteiger partial charge is 0.465 e. The Hall–Kier alpha value is -4.50. The third-order valence-corrected chi connectivity index (χ3v) is 8.02. The topological polar surface area (TPSA) is 119 Å². The van der Waals surface area contributed by atoms with Crippen molar-refractivity contribution < 1.29 is 27.8 Å². The number of amides is 1. The molecular formula is C29H28F2N6O4. The minimum Gasteiger partial charge on any atom is -0.465 e. The number of carbonyl (C=O) groups is 1. The number of hydrogen-bond acceptors (Lipinski definition) is 8. The summed E-state index contributed by atoms with van der Waals surface area (Å²) in [5, 5.41) is 20.0. The van der Waals surface area contributed by atoms with Crippen molar-refractivity contribution in [1.82, 2.24) is 19.8 Å². The van der Waals surface area contributed by atoms with Crippen LogP contribution in [-0.4, -0.2) is 82.9 Å². The SMILES string of the molecule is CN1CCCC1COc1nc(N2CCN(C(=O)O)C(CC#N)C2)c2c(cc(-c3c(F)cccc3F)c3ccoc32)n1. The smallest absolute Gasteiger partial charge is 0.407 e. The van der Waals surface area contributed by atoms with Gasteiger partial charge in [-0.25, -0.2) is 13.6 Å². The predicted octanol–water partition coefficient (Wildman–Crippen LogP) is 4.88. The van der Waals surface area contributed by atoms with E-state index in [-0.39, 0.29) is 42.7 Å². The maximum absolute atomic E-state index is 14.9. The molecule has 6 rings (SSSR count). The fourth-order valence-electron chi connectivity index (χ4n) is 5.89. The van der Waals surface area contributed by atoms with Crippen LogP contribution < -0.4 is 9.64 Å². The lowest BCUT2D eigenvalue weighted by Crippen LogP contribution is -2.55. The number of piperazine rings is 1. The van der Waals surface area contributed by atoms with Gasteiger partial charge in [0.25, 0.3) is 0 Å². The number of rotatable bonds is 6. The average Bonchev–Trinajstić information content (AvgIpc) is 3.60. The predicted molar refractivity (Wildman–Crippen MR) is 147 cm³/mol. The van der Waals surface area contributed by atoms with Crippen molar-refractivity contribution in [3.63, 3.8) is 0 Å². The van der Waals surface area contributed by atoms with Gasteiger partial charge in [0.1, 0.15) is 29.6 Å². The Bertz CT molecular complexity index is 1650. The van der Waals surface area contributed by atoms with Crippen molar-refractivity contribution in [3.8, 4) is 23.2 Å². The molecule has 0 radical (unpaired) electrons. The lowest BCUT2D eigenvalue weighted by Gasteiger charge is -2.39. The summed E-state index contributed by atoms with van der Waals surface area (Å²) >= 11 is 0. The third kappa shape index (κ3) is 4.86. The molecule has 2 unspecified atom stereocenters. The van der Waals surface area contributed by atoms with E-state index in [2.05, 4.69) is 16.0 Å². The molecule has 2 aliphatic rings. The summed E-state index contributed by atoms with van der Waals surface area (Å²) < 4.78 is 41.9. The van der Waals surface area contributed by atoms with Crippen molar-refractivity contribution in [2.75, 3.05) is 44.7 Å². The number of hydrogen-bond donors (Lipinski definition) is 1. The zero-order chi connectivity index (χ0) is 28.7. The van der Waals surface area contributed by atoms with Gasteiger partial charge < -0.3 is 29.0 Å². The van der Waals surface area contributed by atoms with E-state index in [4.69, 9.17) is 14.1 Å². The van der Waals surface area contributed by atoms with Gasteiger partial charge >= 0.3 is 12.1 Å². The van der Waals surface area contributed by atoms with Gasteiger partial charge in [0.2, 0.25) is 0 Å². The Kier molecular flexibility index (Phi) is 7.05. The highest BCUT2D eigenvalue weighted by molar-refractivity contribution is 6.14. The van der Waals surface area contributed by atoms with Gasteiger partial charge in [0, 0.05) is 36.6 Å². The van der Waals surface area contributed by atoms with Crippen LogP contribution in [0, 0.1) is 23.0 Å². The molecule has 0 spiro atoms. The fourth-order valence-corrected chi connectivity index (χ4v) is 5.89. The molecule has 1 amide bonds. The van der Waals surface area contributed by atoms with E-state index in [9.17, 15) is 23.9 Å². The van der Waals surface area contributed by atoms with E-state index < -0.39 is 23.8 Å². The highest BCUT2D eigenvalue weighted by Crippen LogP contribution is 2.41. The summed E-state index contributed by atoms with van der Waals surface area (Å²) in [7, 11) is 2.04. The molecule has 2 aliphatic heterocycles. The van der Waals surface area contributed by atoms with Crippen LogP contribution >= 0.6 is 0 Å². The van der Waals surface area contributed by atoms with Gasteiger partial charge in [0.15, 0.2) is 0 Å². The Morgan fingerprint density at radius 1 is 1.20 bits per heavy atom. The number of nitrogens with zero attached hydrogens (tertiary/aromatic N) is 6. The number of anilines is 1. The molecule has 1 N–H and O–H groups in total. The summed E-state index contributed by atoms with van der Waals surface area (Å²) in [6, 6.07) is 8.74. The number of likely N-dealkylation sites (tertiary alicyclic amines) is 1. The van der Waals surface area contributed by atoms with E-state index in [1.165, 1.54) is 29.4 Å². The average molecular weight is 563 g/mol. The number of fused-ring (bicyclic) bond motifs is 3. The van der Waals surface area contributed by atoms with Crippen LogP contribution in [0.25, 0.3) is 33.0 Å². The Morgan fingerprint density at radius 3 is 2.71 bits per heavy atom. The summed E-state index contributed by atoms with van der Waals surface area (Å²) in [5.74, 6) is -0.990. The molecule has 2 saturated heterocycles. The van der Waals surface area contributed by atoms with Crippen molar-refractivity contribution in [3.05, 3.63) is 48.2 Å². The maximum Gasteiger partial charge on any atom is 0.407 e. The number of ether oxygens (including phenoxy) is 1. The summed E-state index contributed by atoms with van der Waals surface area (Å²) in [5.41, 5.74) is 0.790. The molecule has 10 nitrogen and oxygen atoms in total. The molecule has 2 aromatic carbocycles. The molecule has 0 saturated carbocycles. The van der Waals surface area contributed by atoms with Gasteiger partial charge in [0.05, 0.1) is 41.3 Å². The van der Waals surface area contributed by atoms with Gasteiger partial charge in [-0.3, -0.25) is 0 Å². The van der Waals surface area contributed by atoms with E-state index in [1.807, 2.05) is 11.9 Å². The van der Waals surface area contributed by atoms with E-state index in [1.54, 1.807) is 12.1 Å². The second kappa shape index (κ2) is 10.8. The van der Waals surface area contributed by atoms with Crippen LogP contribution in [0.1, 0.15) is 19.3 Å². The monoisotopic (exact) mass is 562 g/mol. The molecule has 212 valence electrons. The van der Waals surface area contributed by atoms with Gasteiger partial charge in [-0.1, -0.05) is 6.07 Å². The van der Waals surface area contributed by atoms with E-state index >= 15 is 0 Å². The highest BCUT2D eigenvalue weighted by Gasteiger charge is 2.33. The first-order valence-corrected chi connectivity index (χ1v) is 13.5. The van der Waals surface area contributed by atoms with Crippen molar-refractivity contribution in [2.45, 2.75) is 31.3 Å². The van der Waals surface area contributed by atoms with Crippen molar-refractivity contribution >= 4 is 33.8 Å². The Balaban J connectivity index is 1.51. The van der Waals surface area contributed by atoms with Gasteiger partial charge in [-0.15, -0.1) is 0 Å². The normalized spacial score (nSPS) is 19.7. The van der Waals surface area contributed by atoms with Crippen LogP contribution in [0.15, 0.2) is 41.0 Å². The molecule has 12 heteroatoms. The lowest BCUT2D eigenvalue weighted by molar-refractivity contribution is 0.119. The van der Waals surface area contributed by atoms with Crippen molar-refractivity contribution in [2.24, 2.45) is 0 Å². The third-order valence-electron chi connectivity index (χ3n) is 8.02.